The largest absolute Gasteiger partial charge is 0.368 e. The third-order valence-corrected chi connectivity index (χ3v) is 4.30. The van der Waals surface area contributed by atoms with E-state index in [9.17, 15) is 4.79 Å². The summed E-state index contributed by atoms with van der Waals surface area (Å²) in [6.07, 6.45) is 4.63. The zero-order valence-corrected chi connectivity index (χ0v) is 12.4. The molecule has 1 aliphatic heterocycles. The molecule has 4 heteroatoms. The van der Waals surface area contributed by atoms with Crippen LogP contribution in [0, 0.1) is 5.92 Å². The van der Waals surface area contributed by atoms with Gasteiger partial charge >= 0.3 is 0 Å². The number of ether oxygens (including phenoxy) is 1. The van der Waals surface area contributed by atoms with Gasteiger partial charge in [-0.15, -0.1) is 0 Å². The van der Waals surface area contributed by atoms with E-state index in [1.54, 1.807) is 0 Å². The Labute approximate surface area is 126 Å². The van der Waals surface area contributed by atoms with Crippen molar-refractivity contribution in [2.24, 2.45) is 5.92 Å². The summed E-state index contributed by atoms with van der Waals surface area (Å²) in [6.45, 7) is 2.16. The van der Waals surface area contributed by atoms with Crippen molar-refractivity contribution in [1.82, 2.24) is 10.6 Å². The van der Waals surface area contributed by atoms with Crippen LogP contribution in [-0.2, 0) is 9.53 Å². The van der Waals surface area contributed by atoms with Gasteiger partial charge in [-0.1, -0.05) is 30.3 Å². The fourth-order valence-corrected chi connectivity index (χ4v) is 2.93. The highest BCUT2D eigenvalue weighted by molar-refractivity contribution is 5.77. The first-order chi connectivity index (χ1) is 10.3. The molecule has 1 amide bonds. The summed E-state index contributed by atoms with van der Waals surface area (Å²) >= 11 is 0. The minimum atomic E-state index is 0.00860. The first-order valence-electron chi connectivity index (χ1n) is 7.99. The van der Waals surface area contributed by atoms with Gasteiger partial charge in [-0.25, -0.2) is 0 Å². The average molecular weight is 288 g/mol. The summed E-state index contributed by atoms with van der Waals surface area (Å²) in [5.41, 5.74) is 1.20. The predicted octanol–water partition coefficient (Wildman–Crippen LogP) is 2.02. The van der Waals surface area contributed by atoms with E-state index in [1.165, 1.54) is 18.4 Å². The number of hydrogen-bond acceptors (Lipinski definition) is 3. The van der Waals surface area contributed by atoms with E-state index < -0.39 is 0 Å². The van der Waals surface area contributed by atoms with Gasteiger partial charge in [0.25, 0.3) is 0 Å². The second kappa shape index (κ2) is 7.05. The average Bonchev–Trinajstić information content (AvgIpc) is 3.37. The maximum atomic E-state index is 12.1. The van der Waals surface area contributed by atoms with Crippen molar-refractivity contribution in [3.63, 3.8) is 0 Å². The molecule has 1 aromatic carbocycles. The molecule has 1 atom stereocenters. The zero-order chi connectivity index (χ0) is 14.5. The monoisotopic (exact) mass is 288 g/mol. The van der Waals surface area contributed by atoms with E-state index in [0.717, 1.165) is 25.9 Å². The second-order valence-electron chi connectivity index (χ2n) is 6.05. The van der Waals surface area contributed by atoms with Crippen LogP contribution in [0.5, 0.6) is 0 Å². The third kappa shape index (κ3) is 4.29. The van der Waals surface area contributed by atoms with E-state index in [4.69, 9.17) is 4.74 Å². The maximum absolute atomic E-state index is 12.1. The van der Waals surface area contributed by atoms with Crippen LogP contribution in [0.15, 0.2) is 30.3 Å². The molecule has 21 heavy (non-hydrogen) atoms. The van der Waals surface area contributed by atoms with Gasteiger partial charge in [0.2, 0.25) is 5.91 Å². The lowest BCUT2D eigenvalue weighted by atomic mass is 10.0. The molecule has 4 nitrogen and oxygen atoms in total. The first-order valence-corrected chi connectivity index (χ1v) is 7.99. The Morgan fingerprint density at radius 3 is 2.57 bits per heavy atom. The predicted molar refractivity (Wildman–Crippen MR) is 81.9 cm³/mol. The Morgan fingerprint density at radius 1 is 1.19 bits per heavy atom. The SMILES string of the molecule is O=C(COC1CCNCC1)NC(c1ccccc1)C1CC1. The van der Waals surface area contributed by atoms with Gasteiger partial charge in [0.05, 0.1) is 12.1 Å². The lowest BCUT2D eigenvalue weighted by Crippen LogP contribution is -2.37. The van der Waals surface area contributed by atoms with Crippen LogP contribution in [0.4, 0.5) is 0 Å². The lowest BCUT2D eigenvalue weighted by molar-refractivity contribution is -0.129. The molecular formula is C17H24N2O2. The normalized spacial score (nSPS) is 21.0. The molecule has 1 aromatic rings. The molecule has 1 aliphatic carbocycles. The van der Waals surface area contributed by atoms with Crippen LogP contribution in [0.25, 0.3) is 0 Å². The fraction of sp³-hybridized carbons (Fsp3) is 0.588. The van der Waals surface area contributed by atoms with Crippen LogP contribution >= 0.6 is 0 Å². The molecular weight excluding hydrogens is 264 g/mol. The van der Waals surface area contributed by atoms with E-state index in [2.05, 4.69) is 22.8 Å². The van der Waals surface area contributed by atoms with Crippen LogP contribution in [0.3, 0.4) is 0 Å². The van der Waals surface area contributed by atoms with Crippen molar-refractivity contribution in [2.45, 2.75) is 37.8 Å². The van der Waals surface area contributed by atoms with Crippen LogP contribution < -0.4 is 10.6 Å². The summed E-state index contributed by atoms with van der Waals surface area (Å²) in [6, 6.07) is 10.4. The number of rotatable bonds is 6. The van der Waals surface area contributed by atoms with Crippen molar-refractivity contribution in [3.8, 4) is 0 Å². The molecule has 1 saturated heterocycles. The Morgan fingerprint density at radius 2 is 1.90 bits per heavy atom. The van der Waals surface area contributed by atoms with Gasteiger partial charge < -0.3 is 15.4 Å². The van der Waals surface area contributed by atoms with E-state index in [-0.39, 0.29) is 24.7 Å². The van der Waals surface area contributed by atoms with Crippen molar-refractivity contribution >= 4 is 5.91 Å². The number of piperidine rings is 1. The van der Waals surface area contributed by atoms with Gasteiger partial charge in [0.1, 0.15) is 6.61 Å². The third-order valence-electron chi connectivity index (χ3n) is 4.30. The van der Waals surface area contributed by atoms with Crippen molar-refractivity contribution < 1.29 is 9.53 Å². The molecule has 0 aromatic heterocycles. The highest BCUT2D eigenvalue weighted by atomic mass is 16.5. The molecule has 2 aliphatic rings. The number of hydrogen-bond donors (Lipinski definition) is 2. The minimum absolute atomic E-state index is 0.00860. The van der Waals surface area contributed by atoms with E-state index in [0.29, 0.717) is 5.92 Å². The van der Waals surface area contributed by atoms with Crippen LogP contribution in [0.1, 0.15) is 37.3 Å². The Kier molecular flexibility index (Phi) is 4.88. The summed E-state index contributed by atoms with van der Waals surface area (Å²) in [5.74, 6) is 0.601. The van der Waals surface area contributed by atoms with Gasteiger partial charge in [-0.05, 0) is 50.3 Å². The van der Waals surface area contributed by atoms with Gasteiger partial charge in [0, 0.05) is 0 Å². The van der Waals surface area contributed by atoms with Crippen molar-refractivity contribution in [1.29, 1.82) is 0 Å². The van der Waals surface area contributed by atoms with Gasteiger partial charge in [-0.2, -0.15) is 0 Å². The summed E-state index contributed by atoms with van der Waals surface area (Å²) in [7, 11) is 0. The Balaban J connectivity index is 1.50. The van der Waals surface area contributed by atoms with Gasteiger partial charge in [-0.3, -0.25) is 4.79 Å². The quantitative estimate of drug-likeness (QED) is 0.842. The molecule has 1 heterocycles. The molecule has 1 saturated carbocycles. The molecule has 1 unspecified atom stereocenters. The second-order valence-corrected chi connectivity index (χ2v) is 6.05. The van der Waals surface area contributed by atoms with Crippen LogP contribution in [-0.4, -0.2) is 31.7 Å². The fourth-order valence-electron chi connectivity index (χ4n) is 2.93. The number of benzene rings is 1. The number of carbonyl (C=O) groups is 1. The number of amides is 1. The van der Waals surface area contributed by atoms with Crippen molar-refractivity contribution in [3.05, 3.63) is 35.9 Å². The molecule has 0 radical (unpaired) electrons. The molecule has 114 valence electrons. The molecule has 2 fully saturated rings. The summed E-state index contributed by atoms with van der Waals surface area (Å²) in [5, 5.41) is 6.45. The van der Waals surface area contributed by atoms with E-state index in [1.807, 2.05) is 18.2 Å². The standard InChI is InChI=1S/C17H24N2O2/c20-16(12-21-15-8-10-18-11-9-15)19-17(14-6-7-14)13-4-2-1-3-5-13/h1-5,14-15,17-18H,6-12H2,(H,19,20). The molecule has 0 bridgehead atoms. The highest BCUT2D eigenvalue weighted by Crippen LogP contribution is 2.40. The smallest absolute Gasteiger partial charge is 0.246 e. The molecule has 3 rings (SSSR count). The topological polar surface area (TPSA) is 50.4 Å². The Hall–Kier alpha value is -1.39. The number of nitrogens with one attached hydrogen (secondary N) is 2. The lowest BCUT2D eigenvalue weighted by Gasteiger charge is -2.24. The zero-order valence-electron chi connectivity index (χ0n) is 12.4. The molecule has 2 N–H and O–H groups in total. The maximum Gasteiger partial charge on any atom is 0.246 e. The number of carbonyl (C=O) groups excluding carboxylic acids is 1. The molecule has 0 spiro atoms. The summed E-state index contributed by atoms with van der Waals surface area (Å²) < 4.78 is 5.73. The summed E-state index contributed by atoms with van der Waals surface area (Å²) in [4.78, 5) is 12.1. The van der Waals surface area contributed by atoms with Crippen molar-refractivity contribution in [2.75, 3.05) is 19.7 Å². The first kappa shape index (κ1) is 14.5. The van der Waals surface area contributed by atoms with Crippen LogP contribution in [0.2, 0.25) is 0 Å². The van der Waals surface area contributed by atoms with E-state index >= 15 is 0 Å². The highest BCUT2D eigenvalue weighted by Gasteiger charge is 2.33. The minimum Gasteiger partial charge on any atom is -0.368 e. The Bertz CT molecular complexity index is 453. The van der Waals surface area contributed by atoms with Gasteiger partial charge in [0.15, 0.2) is 0 Å².